The van der Waals surface area contributed by atoms with E-state index >= 15 is 0 Å². The lowest BCUT2D eigenvalue weighted by molar-refractivity contribution is 0.0681. The summed E-state index contributed by atoms with van der Waals surface area (Å²) in [6.45, 7) is 2.77. The van der Waals surface area contributed by atoms with E-state index < -0.39 is 17.5 Å². The first-order valence-corrected chi connectivity index (χ1v) is 8.14. The van der Waals surface area contributed by atoms with E-state index in [0.717, 1.165) is 24.5 Å². The summed E-state index contributed by atoms with van der Waals surface area (Å²) < 4.78 is 38.6. The Morgan fingerprint density at radius 1 is 1.28 bits per heavy atom. The maximum atomic E-state index is 13.9. The molecular weight excluding hydrogens is 328 g/mol. The molecule has 4 nitrogen and oxygen atoms in total. The number of nitrogens with one attached hydrogen (secondary N) is 1. The molecule has 1 N–H and O–H groups in total. The molecule has 0 aliphatic carbocycles. The number of rotatable bonds is 5. The first-order chi connectivity index (χ1) is 12.0. The molecule has 3 rings (SSSR count). The van der Waals surface area contributed by atoms with E-state index in [2.05, 4.69) is 5.32 Å². The Balaban J connectivity index is 1.77. The molecule has 1 aliphatic rings. The monoisotopic (exact) mass is 347 g/mol. The van der Waals surface area contributed by atoms with Crippen LogP contribution in [0.25, 0.3) is 0 Å². The van der Waals surface area contributed by atoms with Gasteiger partial charge in [0.1, 0.15) is 24.0 Å². The maximum absolute atomic E-state index is 13.9. The number of hydrogen-bond donors (Lipinski definition) is 1. The van der Waals surface area contributed by atoms with E-state index in [1.54, 1.807) is 13.0 Å². The van der Waals surface area contributed by atoms with Crippen molar-refractivity contribution in [3.63, 3.8) is 0 Å². The summed E-state index contributed by atoms with van der Waals surface area (Å²) in [5, 5.41) is 2.53. The van der Waals surface area contributed by atoms with Gasteiger partial charge in [-0.15, -0.1) is 0 Å². The first-order valence-electron chi connectivity index (χ1n) is 8.14. The van der Waals surface area contributed by atoms with Gasteiger partial charge in [0.25, 0.3) is 5.91 Å². The average Bonchev–Trinajstić information content (AvgIpc) is 3.10. The van der Waals surface area contributed by atoms with Crippen LogP contribution >= 0.6 is 0 Å². The Kier molecular flexibility index (Phi) is 5.28. The number of halogens is 2. The lowest BCUT2D eigenvalue weighted by atomic mass is 10.1. The third kappa shape index (κ3) is 4.33. The molecule has 1 unspecified atom stereocenters. The van der Waals surface area contributed by atoms with E-state index in [1.165, 1.54) is 24.3 Å². The van der Waals surface area contributed by atoms with Crippen molar-refractivity contribution in [1.82, 2.24) is 0 Å². The van der Waals surface area contributed by atoms with Gasteiger partial charge >= 0.3 is 0 Å². The molecular formula is C19H19F2NO3. The fraction of sp³-hybridized carbons (Fsp3) is 0.316. The lowest BCUT2D eigenvalue weighted by Crippen LogP contribution is -2.18. The van der Waals surface area contributed by atoms with Crippen molar-refractivity contribution in [1.29, 1.82) is 0 Å². The Hall–Kier alpha value is -2.47. The summed E-state index contributed by atoms with van der Waals surface area (Å²) in [5.41, 5.74) is 0.805. The molecule has 0 saturated carbocycles. The molecule has 1 amide bonds. The number of carbonyl (C=O) groups is 1. The van der Waals surface area contributed by atoms with Gasteiger partial charge in [0.15, 0.2) is 0 Å². The van der Waals surface area contributed by atoms with Crippen LogP contribution in [0.3, 0.4) is 0 Å². The van der Waals surface area contributed by atoms with Crippen LogP contribution in [0.2, 0.25) is 0 Å². The molecule has 1 fully saturated rings. The van der Waals surface area contributed by atoms with Crippen molar-refractivity contribution in [2.24, 2.45) is 0 Å². The number of aryl methyl sites for hydroxylation is 1. The topological polar surface area (TPSA) is 47.6 Å². The smallest absolute Gasteiger partial charge is 0.258 e. The molecule has 25 heavy (non-hydrogen) atoms. The second kappa shape index (κ2) is 7.61. The third-order valence-electron chi connectivity index (χ3n) is 4.01. The van der Waals surface area contributed by atoms with Crippen molar-refractivity contribution < 1.29 is 23.0 Å². The highest BCUT2D eigenvalue weighted by molar-refractivity contribution is 6.05. The van der Waals surface area contributed by atoms with Crippen molar-refractivity contribution in [3.05, 3.63) is 59.2 Å². The molecule has 1 aliphatic heterocycles. The van der Waals surface area contributed by atoms with Gasteiger partial charge in [0.05, 0.1) is 17.4 Å². The zero-order valence-electron chi connectivity index (χ0n) is 13.9. The standard InChI is InChI=1S/C19H19F2NO3/c1-12-4-6-16(21)15(9-12)19(23)22-17-10-13(20)5-7-18(17)25-11-14-3-2-8-24-14/h4-7,9-10,14H,2-3,8,11H2,1H3,(H,22,23). The minimum absolute atomic E-state index is 0.0113. The van der Waals surface area contributed by atoms with Gasteiger partial charge in [-0.1, -0.05) is 11.6 Å². The number of hydrogen-bond acceptors (Lipinski definition) is 3. The Morgan fingerprint density at radius 3 is 2.88 bits per heavy atom. The highest BCUT2D eigenvalue weighted by Crippen LogP contribution is 2.27. The van der Waals surface area contributed by atoms with Crippen molar-refractivity contribution in [2.45, 2.75) is 25.9 Å². The molecule has 0 aromatic heterocycles. The summed E-state index contributed by atoms with van der Waals surface area (Å²) in [6.07, 6.45) is 1.87. The Morgan fingerprint density at radius 2 is 2.12 bits per heavy atom. The fourth-order valence-corrected chi connectivity index (χ4v) is 2.69. The van der Waals surface area contributed by atoms with Crippen LogP contribution in [0.1, 0.15) is 28.8 Å². The van der Waals surface area contributed by atoms with Crippen LogP contribution in [0.4, 0.5) is 14.5 Å². The van der Waals surface area contributed by atoms with Gasteiger partial charge in [-0.25, -0.2) is 8.78 Å². The van der Waals surface area contributed by atoms with Gasteiger partial charge in [-0.05, 0) is 44.0 Å². The number of carbonyl (C=O) groups excluding carboxylic acids is 1. The summed E-state index contributed by atoms with van der Waals surface area (Å²) >= 11 is 0. The maximum Gasteiger partial charge on any atom is 0.258 e. The van der Waals surface area contributed by atoms with Crippen LogP contribution in [-0.4, -0.2) is 25.2 Å². The SMILES string of the molecule is Cc1ccc(F)c(C(=O)Nc2cc(F)ccc2OCC2CCCO2)c1. The molecule has 2 aromatic rings. The minimum Gasteiger partial charge on any atom is -0.489 e. The van der Waals surface area contributed by atoms with Crippen LogP contribution in [0.15, 0.2) is 36.4 Å². The third-order valence-corrected chi connectivity index (χ3v) is 4.01. The minimum atomic E-state index is -0.659. The molecule has 0 bridgehead atoms. The van der Waals surface area contributed by atoms with E-state index in [4.69, 9.17) is 9.47 Å². The Labute approximate surface area is 144 Å². The van der Waals surface area contributed by atoms with E-state index in [1.807, 2.05) is 0 Å². The predicted molar refractivity (Wildman–Crippen MR) is 90.0 cm³/mol. The number of benzene rings is 2. The highest BCUT2D eigenvalue weighted by Gasteiger charge is 2.18. The zero-order valence-corrected chi connectivity index (χ0v) is 13.9. The van der Waals surface area contributed by atoms with Crippen molar-refractivity contribution in [3.8, 4) is 5.75 Å². The molecule has 1 atom stereocenters. The van der Waals surface area contributed by atoms with Gasteiger partial charge in [-0.3, -0.25) is 4.79 Å². The predicted octanol–water partition coefficient (Wildman–Crippen LogP) is 4.08. The highest BCUT2D eigenvalue weighted by atomic mass is 19.1. The normalized spacial score (nSPS) is 16.7. The second-order valence-electron chi connectivity index (χ2n) is 6.02. The summed E-state index contributed by atoms with van der Waals surface area (Å²) in [5.74, 6) is -1.50. The second-order valence-corrected chi connectivity index (χ2v) is 6.02. The van der Waals surface area contributed by atoms with Crippen LogP contribution < -0.4 is 10.1 Å². The zero-order chi connectivity index (χ0) is 17.8. The van der Waals surface area contributed by atoms with Gasteiger partial charge < -0.3 is 14.8 Å². The van der Waals surface area contributed by atoms with Gasteiger partial charge in [0.2, 0.25) is 0 Å². The largest absolute Gasteiger partial charge is 0.489 e. The average molecular weight is 347 g/mol. The molecule has 6 heteroatoms. The first kappa shape index (κ1) is 17.4. The lowest BCUT2D eigenvalue weighted by Gasteiger charge is -2.15. The molecule has 0 radical (unpaired) electrons. The summed E-state index contributed by atoms with van der Waals surface area (Å²) in [4.78, 5) is 12.4. The summed E-state index contributed by atoms with van der Waals surface area (Å²) in [7, 11) is 0. The number of anilines is 1. The fourth-order valence-electron chi connectivity index (χ4n) is 2.69. The molecule has 0 spiro atoms. The van der Waals surface area contributed by atoms with E-state index in [-0.39, 0.29) is 17.4 Å². The van der Waals surface area contributed by atoms with Gasteiger partial charge in [-0.2, -0.15) is 0 Å². The van der Waals surface area contributed by atoms with Crippen LogP contribution in [0, 0.1) is 18.6 Å². The van der Waals surface area contributed by atoms with Crippen molar-refractivity contribution in [2.75, 3.05) is 18.5 Å². The Bertz CT molecular complexity index is 773. The number of amides is 1. The molecule has 132 valence electrons. The van der Waals surface area contributed by atoms with Crippen LogP contribution in [0.5, 0.6) is 5.75 Å². The number of ether oxygens (including phenoxy) is 2. The van der Waals surface area contributed by atoms with Gasteiger partial charge in [0, 0.05) is 12.7 Å². The molecule has 2 aromatic carbocycles. The quantitative estimate of drug-likeness (QED) is 0.886. The molecule has 1 heterocycles. The van der Waals surface area contributed by atoms with Crippen molar-refractivity contribution >= 4 is 11.6 Å². The van der Waals surface area contributed by atoms with E-state index in [9.17, 15) is 13.6 Å². The molecule has 1 saturated heterocycles. The summed E-state index contributed by atoms with van der Waals surface area (Å²) in [6, 6.07) is 8.07. The van der Waals surface area contributed by atoms with E-state index in [0.29, 0.717) is 19.0 Å². The van der Waals surface area contributed by atoms with Crippen LogP contribution in [-0.2, 0) is 4.74 Å².